The minimum Gasteiger partial charge on any atom is -0.373 e. The van der Waals surface area contributed by atoms with Gasteiger partial charge in [-0.2, -0.15) is 4.98 Å². The van der Waals surface area contributed by atoms with Gasteiger partial charge in [-0.3, -0.25) is 4.79 Å². The van der Waals surface area contributed by atoms with E-state index in [1.807, 2.05) is 25.1 Å². The quantitative estimate of drug-likeness (QED) is 0.573. The average molecular weight is 274 g/mol. The number of hydrogen-bond donors (Lipinski definition) is 0. The molecule has 1 aromatic carbocycles. The highest BCUT2D eigenvalue weighted by Crippen LogP contribution is 2.19. The Morgan fingerprint density at radius 2 is 2.10 bits per heavy atom. The van der Waals surface area contributed by atoms with Crippen LogP contribution in [0.1, 0.15) is 48.3 Å². The molecule has 2 aromatic rings. The zero-order valence-electron chi connectivity index (χ0n) is 11.7. The van der Waals surface area contributed by atoms with Crippen LogP contribution in [0.3, 0.4) is 0 Å². The van der Waals surface area contributed by atoms with Gasteiger partial charge in [0.05, 0.1) is 5.92 Å². The summed E-state index contributed by atoms with van der Waals surface area (Å²) in [5.41, 5.74) is 0.641. The van der Waals surface area contributed by atoms with Gasteiger partial charge in [-0.25, -0.2) is 0 Å². The van der Waals surface area contributed by atoms with Crippen LogP contribution in [0.5, 0.6) is 0 Å². The number of Topliss-reactive ketones (excluding diaryl/α,β-unsaturated/α-hetero) is 1. The monoisotopic (exact) mass is 274 g/mol. The van der Waals surface area contributed by atoms with Crippen LogP contribution in [0.2, 0.25) is 0 Å². The van der Waals surface area contributed by atoms with E-state index < -0.39 is 5.92 Å². The van der Waals surface area contributed by atoms with Gasteiger partial charge in [0.1, 0.15) is 6.61 Å². The van der Waals surface area contributed by atoms with Crippen LogP contribution >= 0.6 is 0 Å². The zero-order chi connectivity index (χ0) is 14.4. The average Bonchev–Trinajstić information content (AvgIpc) is 2.96. The molecule has 0 bridgehead atoms. The van der Waals surface area contributed by atoms with E-state index in [0.29, 0.717) is 30.5 Å². The summed E-state index contributed by atoms with van der Waals surface area (Å²) in [7, 11) is 0. The largest absolute Gasteiger partial charge is 0.373 e. The number of nitrogens with zero attached hydrogens (tertiary/aromatic N) is 2. The molecule has 20 heavy (non-hydrogen) atoms. The van der Waals surface area contributed by atoms with Gasteiger partial charge in [0.25, 0.3) is 0 Å². The lowest BCUT2D eigenvalue weighted by Gasteiger charge is -2.04. The molecule has 1 unspecified atom stereocenters. The van der Waals surface area contributed by atoms with E-state index in [1.54, 1.807) is 19.1 Å². The van der Waals surface area contributed by atoms with Crippen LogP contribution in [-0.2, 0) is 11.3 Å². The lowest BCUT2D eigenvalue weighted by Crippen LogP contribution is -2.10. The first-order valence-electron chi connectivity index (χ1n) is 6.72. The Morgan fingerprint density at radius 1 is 1.35 bits per heavy atom. The summed E-state index contributed by atoms with van der Waals surface area (Å²) in [5, 5.41) is 3.82. The van der Waals surface area contributed by atoms with Gasteiger partial charge in [0.2, 0.25) is 5.89 Å². The first-order valence-corrected chi connectivity index (χ1v) is 6.72. The standard InChI is InChI=1S/C15H18N2O3/c1-3-9-19-10-13-16-15(20-17-13)11(2)14(18)12-7-5-4-6-8-12/h4-8,11H,3,9-10H2,1-2H3. The molecule has 0 amide bonds. The van der Waals surface area contributed by atoms with Crippen molar-refractivity contribution in [2.45, 2.75) is 32.8 Å². The smallest absolute Gasteiger partial charge is 0.237 e. The van der Waals surface area contributed by atoms with E-state index in [0.717, 1.165) is 6.42 Å². The number of carbonyl (C=O) groups is 1. The minimum atomic E-state index is -0.454. The maximum atomic E-state index is 12.3. The van der Waals surface area contributed by atoms with Crippen LogP contribution in [-0.4, -0.2) is 22.5 Å². The Labute approximate surface area is 118 Å². The Morgan fingerprint density at radius 3 is 2.80 bits per heavy atom. The Balaban J connectivity index is 2.02. The summed E-state index contributed by atoms with van der Waals surface area (Å²) in [6.07, 6.45) is 0.938. The fourth-order valence-electron chi connectivity index (χ4n) is 1.77. The van der Waals surface area contributed by atoms with Crippen LogP contribution in [0, 0.1) is 0 Å². The molecule has 0 radical (unpaired) electrons. The Bertz CT molecular complexity index is 551. The van der Waals surface area contributed by atoms with Gasteiger partial charge < -0.3 is 9.26 Å². The lowest BCUT2D eigenvalue weighted by atomic mass is 9.99. The summed E-state index contributed by atoms with van der Waals surface area (Å²) >= 11 is 0. The van der Waals surface area contributed by atoms with Crippen molar-refractivity contribution in [1.82, 2.24) is 10.1 Å². The molecule has 0 aliphatic rings. The molecule has 0 aliphatic heterocycles. The highest BCUT2D eigenvalue weighted by Gasteiger charge is 2.22. The predicted octanol–water partition coefficient (Wildman–Crippen LogP) is 2.98. The van der Waals surface area contributed by atoms with E-state index in [1.165, 1.54) is 0 Å². The van der Waals surface area contributed by atoms with E-state index in [4.69, 9.17) is 9.26 Å². The van der Waals surface area contributed by atoms with Crippen LogP contribution in [0.15, 0.2) is 34.9 Å². The van der Waals surface area contributed by atoms with Crippen LogP contribution in [0.4, 0.5) is 0 Å². The third kappa shape index (κ3) is 3.51. The molecule has 2 rings (SSSR count). The number of ketones is 1. The fourth-order valence-corrected chi connectivity index (χ4v) is 1.77. The molecule has 106 valence electrons. The number of hydrogen-bond acceptors (Lipinski definition) is 5. The minimum absolute atomic E-state index is 0.0322. The zero-order valence-corrected chi connectivity index (χ0v) is 11.7. The molecule has 0 spiro atoms. The second kappa shape index (κ2) is 6.96. The summed E-state index contributed by atoms with van der Waals surface area (Å²) < 4.78 is 10.5. The normalized spacial score (nSPS) is 12.3. The van der Waals surface area contributed by atoms with Gasteiger partial charge >= 0.3 is 0 Å². The molecule has 5 heteroatoms. The second-order valence-electron chi connectivity index (χ2n) is 4.55. The molecule has 0 saturated heterocycles. The van der Waals surface area contributed by atoms with Gasteiger partial charge in [-0.1, -0.05) is 42.4 Å². The Hall–Kier alpha value is -2.01. The van der Waals surface area contributed by atoms with Crippen LogP contribution in [0.25, 0.3) is 0 Å². The van der Waals surface area contributed by atoms with Gasteiger partial charge in [-0.15, -0.1) is 0 Å². The molecular formula is C15H18N2O3. The molecule has 0 fully saturated rings. The molecular weight excluding hydrogens is 256 g/mol. The van der Waals surface area contributed by atoms with E-state index >= 15 is 0 Å². The molecule has 0 N–H and O–H groups in total. The van der Waals surface area contributed by atoms with Crippen molar-refractivity contribution in [3.63, 3.8) is 0 Å². The van der Waals surface area contributed by atoms with Crippen molar-refractivity contribution in [3.8, 4) is 0 Å². The van der Waals surface area contributed by atoms with Crippen molar-refractivity contribution >= 4 is 5.78 Å². The highest BCUT2D eigenvalue weighted by molar-refractivity contribution is 6.00. The molecule has 1 aromatic heterocycles. The summed E-state index contributed by atoms with van der Waals surface area (Å²) in [6, 6.07) is 9.09. The first-order chi connectivity index (χ1) is 9.72. The van der Waals surface area contributed by atoms with Crippen molar-refractivity contribution in [2.24, 2.45) is 0 Å². The molecule has 5 nitrogen and oxygen atoms in total. The third-order valence-electron chi connectivity index (χ3n) is 2.89. The van der Waals surface area contributed by atoms with Crippen molar-refractivity contribution in [3.05, 3.63) is 47.6 Å². The number of aromatic nitrogens is 2. The molecule has 0 saturated carbocycles. The maximum Gasteiger partial charge on any atom is 0.237 e. The van der Waals surface area contributed by atoms with Crippen molar-refractivity contribution in [2.75, 3.05) is 6.61 Å². The molecule has 0 aliphatic carbocycles. The molecule has 1 heterocycles. The highest BCUT2D eigenvalue weighted by atomic mass is 16.5. The van der Waals surface area contributed by atoms with Gasteiger partial charge in [0, 0.05) is 12.2 Å². The summed E-state index contributed by atoms with van der Waals surface area (Å²) in [6.45, 7) is 4.76. The van der Waals surface area contributed by atoms with Gasteiger partial charge in [0.15, 0.2) is 11.6 Å². The molecule has 1 atom stereocenters. The fraction of sp³-hybridized carbons (Fsp3) is 0.400. The van der Waals surface area contributed by atoms with Crippen LogP contribution < -0.4 is 0 Å². The summed E-state index contributed by atoms with van der Waals surface area (Å²) in [5.74, 6) is 0.315. The lowest BCUT2D eigenvalue weighted by molar-refractivity contribution is 0.0951. The Kier molecular flexibility index (Phi) is 5.01. The van der Waals surface area contributed by atoms with Crippen molar-refractivity contribution < 1.29 is 14.1 Å². The summed E-state index contributed by atoms with van der Waals surface area (Å²) in [4.78, 5) is 16.5. The van der Waals surface area contributed by atoms with Gasteiger partial charge in [-0.05, 0) is 13.3 Å². The number of ether oxygens (including phenoxy) is 1. The number of rotatable bonds is 7. The number of carbonyl (C=O) groups excluding carboxylic acids is 1. The first kappa shape index (κ1) is 14.4. The SMILES string of the molecule is CCCOCc1noc(C(C)C(=O)c2ccccc2)n1. The van der Waals surface area contributed by atoms with Crippen molar-refractivity contribution in [1.29, 1.82) is 0 Å². The third-order valence-corrected chi connectivity index (χ3v) is 2.89. The second-order valence-corrected chi connectivity index (χ2v) is 4.55. The van der Waals surface area contributed by atoms with E-state index in [9.17, 15) is 4.79 Å². The maximum absolute atomic E-state index is 12.3. The number of benzene rings is 1. The van der Waals surface area contributed by atoms with E-state index in [-0.39, 0.29) is 5.78 Å². The topological polar surface area (TPSA) is 65.2 Å². The predicted molar refractivity (Wildman–Crippen MR) is 73.4 cm³/mol. The van der Waals surface area contributed by atoms with E-state index in [2.05, 4.69) is 10.1 Å².